The van der Waals surface area contributed by atoms with Crippen molar-refractivity contribution in [1.29, 1.82) is 0 Å². The van der Waals surface area contributed by atoms with Crippen LogP contribution in [0.1, 0.15) is 15.9 Å². The zero-order valence-electron chi connectivity index (χ0n) is 17.7. The van der Waals surface area contributed by atoms with E-state index in [4.69, 9.17) is 15.2 Å². The molecule has 0 aliphatic carbocycles. The summed E-state index contributed by atoms with van der Waals surface area (Å²) in [6.07, 6.45) is 1.50. The molecule has 1 amide bonds. The summed E-state index contributed by atoms with van der Waals surface area (Å²) in [4.78, 5) is 29.8. The maximum Gasteiger partial charge on any atom is 0.261 e. The number of hydrogen-bond donors (Lipinski definition) is 2. The van der Waals surface area contributed by atoms with E-state index in [1.807, 2.05) is 0 Å². The molecule has 0 aliphatic heterocycles. The lowest BCUT2D eigenvalue weighted by Crippen LogP contribution is -2.21. The standard InChI is InChI=1S/C24H22N4O4/c1-31-21-11-17-20(12-22(21)32-2)26-14-28(24(17)30)13-15-7-9-16(10-8-15)23(29)27-19-6-4-3-5-18(19)25/h3-12,14H,13,25H2,1-2H3,(H,27,29). The number of amides is 1. The van der Waals surface area contributed by atoms with Crippen molar-refractivity contribution in [2.45, 2.75) is 6.54 Å². The van der Waals surface area contributed by atoms with Crippen LogP contribution in [0.3, 0.4) is 0 Å². The Morgan fingerprint density at radius 2 is 1.72 bits per heavy atom. The Hall–Kier alpha value is -4.33. The fraction of sp³-hybridized carbons (Fsp3) is 0.125. The molecule has 162 valence electrons. The molecule has 4 aromatic rings. The minimum atomic E-state index is -0.264. The Morgan fingerprint density at radius 3 is 2.41 bits per heavy atom. The Bertz CT molecular complexity index is 1350. The number of nitrogens with zero attached hydrogens (tertiary/aromatic N) is 2. The SMILES string of the molecule is COc1cc2ncn(Cc3ccc(C(=O)Nc4ccccc4N)cc3)c(=O)c2cc1OC. The Kier molecular flexibility index (Phi) is 5.76. The number of fused-ring (bicyclic) bond motifs is 1. The molecule has 0 radical (unpaired) electrons. The van der Waals surface area contributed by atoms with Crippen molar-refractivity contribution in [3.8, 4) is 11.5 Å². The number of hydrogen-bond acceptors (Lipinski definition) is 6. The normalized spacial score (nSPS) is 10.7. The first-order valence-corrected chi connectivity index (χ1v) is 9.86. The van der Waals surface area contributed by atoms with Gasteiger partial charge >= 0.3 is 0 Å². The van der Waals surface area contributed by atoms with Crippen LogP contribution in [-0.2, 0) is 6.54 Å². The molecular formula is C24H22N4O4. The number of anilines is 2. The molecule has 3 aromatic carbocycles. The number of aromatic nitrogens is 2. The number of nitrogen functional groups attached to an aromatic ring is 1. The maximum absolute atomic E-state index is 13.0. The first kappa shape index (κ1) is 20.9. The van der Waals surface area contributed by atoms with E-state index in [0.29, 0.717) is 45.9 Å². The topological polar surface area (TPSA) is 108 Å². The number of carbonyl (C=O) groups is 1. The lowest BCUT2D eigenvalue weighted by Gasteiger charge is -2.11. The lowest BCUT2D eigenvalue weighted by molar-refractivity contribution is 0.102. The number of nitrogens with two attached hydrogens (primary N) is 1. The lowest BCUT2D eigenvalue weighted by atomic mass is 10.1. The minimum Gasteiger partial charge on any atom is -0.493 e. The summed E-state index contributed by atoms with van der Waals surface area (Å²) >= 11 is 0. The smallest absolute Gasteiger partial charge is 0.261 e. The first-order chi connectivity index (χ1) is 15.5. The highest BCUT2D eigenvalue weighted by molar-refractivity contribution is 6.05. The molecule has 0 saturated heterocycles. The molecule has 0 fully saturated rings. The summed E-state index contributed by atoms with van der Waals surface area (Å²) in [5.74, 6) is 0.710. The van der Waals surface area contributed by atoms with Gasteiger partial charge in [-0.05, 0) is 35.9 Å². The van der Waals surface area contributed by atoms with E-state index < -0.39 is 0 Å². The van der Waals surface area contributed by atoms with Gasteiger partial charge in [-0.1, -0.05) is 24.3 Å². The number of nitrogens with one attached hydrogen (secondary N) is 1. The van der Waals surface area contributed by atoms with Crippen LogP contribution < -0.4 is 26.1 Å². The molecule has 8 nitrogen and oxygen atoms in total. The minimum absolute atomic E-state index is 0.197. The second kappa shape index (κ2) is 8.81. The molecule has 0 bridgehead atoms. The summed E-state index contributed by atoms with van der Waals surface area (Å²) in [6.45, 7) is 0.309. The monoisotopic (exact) mass is 430 g/mol. The number of ether oxygens (including phenoxy) is 2. The van der Waals surface area contributed by atoms with Crippen LogP contribution in [-0.4, -0.2) is 29.7 Å². The Morgan fingerprint density at radius 1 is 1.03 bits per heavy atom. The van der Waals surface area contributed by atoms with Gasteiger partial charge in [0.25, 0.3) is 11.5 Å². The van der Waals surface area contributed by atoms with Gasteiger partial charge in [0, 0.05) is 11.6 Å². The maximum atomic E-state index is 13.0. The quantitative estimate of drug-likeness (QED) is 0.455. The van der Waals surface area contributed by atoms with E-state index in [1.165, 1.54) is 25.1 Å². The molecule has 4 rings (SSSR count). The van der Waals surface area contributed by atoms with Crippen molar-refractivity contribution in [1.82, 2.24) is 9.55 Å². The van der Waals surface area contributed by atoms with Crippen molar-refractivity contribution in [2.75, 3.05) is 25.3 Å². The molecule has 0 unspecified atom stereocenters. The largest absolute Gasteiger partial charge is 0.493 e. The van der Waals surface area contributed by atoms with Gasteiger partial charge in [-0.3, -0.25) is 14.2 Å². The number of benzene rings is 3. The number of para-hydroxylation sites is 2. The molecule has 32 heavy (non-hydrogen) atoms. The second-order valence-electron chi connectivity index (χ2n) is 7.14. The van der Waals surface area contributed by atoms with Crippen LogP contribution >= 0.6 is 0 Å². The highest BCUT2D eigenvalue weighted by Gasteiger charge is 2.12. The van der Waals surface area contributed by atoms with Gasteiger partial charge in [0.1, 0.15) is 0 Å². The molecule has 3 N–H and O–H groups in total. The van der Waals surface area contributed by atoms with Crippen molar-refractivity contribution in [2.24, 2.45) is 0 Å². The van der Waals surface area contributed by atoms with E-state index >= 15 is 0 Å². The average Bonchev–Trinajstić information content (AvgIpc) is 2.82. The van der Waals surface area contributed by atoms with Gasteiger partial charge in [0.15, 0.2) is 11.5 Å². The van der Waals surface area contributed by atoms with E-state index in [2.05, 4.69) is 10.3 Å². The van der Waals surface area contributed by atoms with E-state index in [-0.39, 0.29) is 11.5 Å². The summed E-state index contributed by atoms with van der Waals surface area (Å²) < 4.78 is 12.1. The van der Waals surface area contributed by atoms with Crippen molar-refractivity contribution < 1.29 is 14.3 Å². The van der Waals surface area contributed by atoms with Crippen LogP contribution in [0.5, 0.6) is 11.5 Å². The van der Waals surface area contributed by atoms with Crippen LogP contribution in [0.2, 0.25) is 0 Å². The Balaban J connectivity index is 1.55. The third kappa shape index (κ3) is 4.11. The number of methoxy groups -OCH3 is 2. The molecule has 1 heterocycles. The number of carbonyl (C=O) groups excluding carboxylic acids is 1. The van der Waals surface area contributed by atoms with E-state index in [0.717, 1.165) is 5.56 Å². The first-order valence-electron chi connectivity index (χ1n) is 9.86. The second-order valence-corrected chi connectivity index (χ2v) is 7.14. The predicted octanol–water partition coefficient (Wildman–Crippen LogP) is 3.30. The summed E-state index contributed by atoms with van der Waals surface area (Å²) in [5.41, 5.74) is 8.59. The van der Waals surface area contributed by atoms with Crippen LogP contribution in [0.15, 0.2) is 71.8 Å². The third-order valence-corrected chi connectivity index (χ3v) is 5.11. The van der Waals surface area contributed by atoms with Crippen molar-refractivity contribution in [3.63, 3.8) is 0 Å². The van der Waals surface area contributed by atoms with Crippen molar-refractivity contribution in [3.05, 3.63) is 88.5 Å². The van der Waals surface area contributed by atoms with Gasteiger partial charge in [-0.25, -0.2) is 4.98 Å². The molecule has 8 heteroatoms. The average molecular weight is 430 g/mol. The zero-order chi connectivity index (χ0) is 22.7. The van der Waals surface area contributed by atoms with Crippen LogP contribution in [0.4, 0.5) is 11.4 Å². The zero-order valence-corrected chi connectivity index (χ0v) is 17.7. The molecule has 0 spiro atoms. The molecule has 1 aromatic heterocycles. The van der Waals surface area contributed by atoms with Gasteiger partial charge in [0.05, 0.1) is 49.4 Å². The highest BCUT2D eigenvalue weighted by Crippen LogP contribution is 2.29. The van der Waals surface area contributed by atoms with Gasteiger partial charge in [-0.15, -0.1) is 0 Å². The van der Waals surface area contributed by atoms with Gasteiger partial charge in [0.2, 0.25) is 0 Å². The van der Waals surface area contributed by atoms with Crippen molar-refractivity contribution >= 4 is 28.2 Å². The molecular weight excluding hydrogens is 408 g/mol. The summed E-state index contributed by atoms with van der Waals surface area (Å²) in [7, 11) is 3.05. The van der Waals surface area contributed by atoms with Gasteiger partial charge in [-0.2, -0.15) is 0 Å². The van der Waals surface area contributed by atoms with Crippen LogP contribution in [0.25, 0.3) is 10.9 Å². The molecule has 0 saturated carbocycles. The summed E-state index contributed by atoms with van der Waals surface area (Å²) in [6, 6.07) is 17.4. The van der Waals surface area contributed by atoms with E-state index in [9.17, 15) is 9.59 Å². The highest BCUT2D eigenvalue weighted by atomic mass is 16.5. The predicted molar refractivity (Wildman–Crippen MR) is 123 cm³/mol. The van der Waals surface area contributed by atoms with Gasteiger partial charge < -0.3 is 20.5 Å². The fourth-order valence-electron chi connectivity index (χ4n) is 3.36. The third-order valence-electron chi connectivity index (χ3n) is 5.11. The van der Waals surface area contributed by atoms with E-state index in [1.54, 1.807) is 60.7 Å². The fourth-order valence-corrected chi connectivity index (χ4v) is 3.36. The molecule has 0 atom stereocenters. The van der Waals surface area contributed by atoms with Crippen LogP contribution in [0, 0.1) is 0 Å². The number of rotatable bonds is 6. The Labute approximate surface area is 184 Å². The summed E-state index contributed by atoms with van der Waals surface area (Å²) in [5, 5.41) is 3.23. The molecule has 0 aliphatic rings.